The predicted octanol–water partition coefficient (Wildman–Crippen LogP) is 24.0. The summed E-state index contributed by atoms with van der Waals surface area (Å²) in [6, 6.07) is 119. The Labute approximate surface area is 583 Å². The summed E-state index contributed by atoms with van der Waals surface area (Å²) in [5.41, 5.74) is 17.5. The minimum Gasteiger partial charge on any atom is -0.309 e. The number of rotatable bonds is 10. The van der Waals surface area contributed by atoms with Gasteiger partial charge in [-0.25, -0.2) is 29.9 Å². The molecule has 0 unspecified atom stereocenters. The molecule has 6 heterocycles. The Hall–Kier alpha value is -12.9. The monoisotopic (exact) mass is 1310 g/mol. The normalized spacial score (nSPS) is 11.6. The summed E-state index contributed by atoms with van der Waals surface area (Å²) in [5, 5.41) is 10.2. The maximum Gasteiger partial charge on any atom is 0.164 e. The Bertz CT molecular complexity index is 6400. The van der Waals surface area contributed by atoms with Crippen molar-refractivity contribution in [3.05, 3.63) is 340 Å². The van der Waals surface area contributed by atoms with Crippen LogP contribution >= 0.6 is 22.7 Å². The van der Waals surface area contributed by atoms with Crippen molar-refractivity contribution in [2.24, 2.45) is 0 Å². The highest BCUT2D eigenvalue weighted by Crippen LogP contribution is 2.45. The lowest BCUT2D eigenvalue weighted by atomic mass is 10.0. The van der Waals surface area contributed by atoms with Crippen molar-refractivity contribution in [2.75, 3.05) is 0 Å². The molecule has 468 valence electrons. The van der Waals surface area contributed by atoms with Crippen LogP contribution in [0.5, 0.6) is 0 Å². The summed E-state index contributed by atoms with van der Waals surface area (Å²) in [6.45, 7) is 0. The minimum atomic E-state index is 0.638. The van der Waals surface area contributed by atoms with E-state index in [1.54, 1.807) is 0 Å². The Morgan fingerprint density at radius 1 is 0.190 bits per heavy atom. The van der Waals surface area contributed by atoms with Crippen LogP contribution in [-0.2, 0) is 0 Å². The first-order valence-electron chi connectivity index (χ1n) is 33.4. The van der Waals surface area contributed by atoms with Crippen LogP contribution in [-0.4, -0.2) is 39.0 Å². The van der Waals surface area contributed by atoms with Crippen LogP contribution in [0.2, 0.25) is 0 Å². The van der Waals surface area contributed by atoms with Crippen molar-refractivity contribution in [1.82, 2.24) is 39.0 Å². The number of hydrogen-bond donors (Lipinski definition) is 0. The van der Waals surface area contributed by atoms with Gasteiger partial charge < -0.3 is 9.13 Å². The molecule has 20 rings (SSSR count). The van der Waals surface area contributed by atoms with E-state index in [2.05, 4.69) is 228 Å². The zero-order valence-electron chi connectivity index (χ0n) is 53.7. The van der Waals surface area contributed by atoms with Crippen molar-refractivity contribution in [3.8, 4) is 102 Å². The van der Waals surface area contributed by atoms with Gasteiger partial charge in [0.05, 0.1) is 22.1 Å². The second-order valence-electron chi connectivity index (χ2n) is 24.9. The summed E-state index contributed by atoms with van der Waals surface area (Å²) >= 11 is 3.74. The summed E-state index contributed by atoms with van der Waals surface area (Å²) < 4.78 is 10.0. The maximum atomic E-state index is 5.00. The van der Waals surface area contributed by atoms with E-state index in [0.29, 0.717) is 34.9 Å². The van der Waals surface area contributed by atoms with Crippen molar-refractivity contribution in [2.45, 2.75) is 0 Å². The van der Waals surface area contributed by atoms with Gasteiger partial charge in [0.2, 0.25) is 0 Å². The van der Waals surface area contributed by atoms with Crippen LogP contribution in [0.3, 0.4) is 0 Å². The molecule has 0 aliphatic carbocycles. The van der Waals surface area contributed by atoms with Crippen molar-refractivity contribution in [3.63, 3.8) is 0 Å². The Balaban J connectivity index is 0.000000139. The average molecular weight is 1310 g/mol. The molecule has 10 heteroatoms. The third-order valence-corrected chi connectivity index (χ3v) is 21.4. The van der Waals surface area contributed by atoms with Crippen molar-refractivity contribution >= 4 is 107 Å². The largest absolute Gasteiger partial charge is 0.309 e. The maximum absolute atomic E-state index is 5.00. The van der Waals surface area contributed by atoms with Gasteiger partial charge in [-0.05, 0) is 107 Å². The first-order chi connectivity index (χ1) is 49.6. The fourth-order valence-corrected chi connectivity index (χ4v) is 16.7. The van der Waals surface area contributed by atoms with E-state index in [9.17, 15) is 0 Å². The molecule has 0 spiro atoms. The number of nitrogens with zero attached hydrogens (tertiary/aromatic N) is 8. The number of para-hydroxylation sites is 2. The van der Waals surface area contributed by atoms with Gasteiger partial charge in [-0.15, -0.1) is 22.7 Å². The van der Waals surface area contributed by atoms with Crippen LogP contribution in [0.1, 0.15) is 0 Å². The first kappa shape index (κ1) is 58.5. The molecule has 0 atom stereocenters. The van der Waals surface area contributed by atoms with Gasteiger partial charge in [0.25, 0.3) is 0 Å². The smallest absolute Gasteiger partial charge is 0.164 e. The Morgan fingerprint density at radius 3 is 0.930 bits per heavy atom. The molecule has 20 aromatic rings. The van der Waals surface area contributed by atoms with E-state index in [1.807, 2.05) is 144 Å². The highest BCUT2D eigenvalue weighted by molar-refractivity contribution is 7.26. The van der Waals surface area contributed by atoms with Gasteiger partial charge in [0, 0.05) is 107 Å². The highest BCUT2D eigenvalue weighted by atomic mass is 32.1. The van der Waals surface area contributed by atoms with Crippen molar-refractivity contribution < 1.29 is 0 Å². The number of benzene rings is 14. The predicted molar refractivity (Wildman–Crippen MR) is 418 cm³/mol. The van der Waals surface area contributed by atoms with Gasteiger partial charge >= 0.3 is 0 Å². The topological polar surface area (TPSA) is 87.2 Å². The number of fused-ring (bicyclic) bond motifs is 12. The van der Waals surface area contributed by atoms with Crippen molar-refractivity contribution in [1.29, 1.82) is 0 Å². The molecule has 6 aromatic heterocycles. The molecule has 0 saturated carbocycles. The molecule has 14 aromatic carbocycles. The summed E-state index contributed by atoms with van der Waals surface area (Å²) in [6.07, 6.45) is 0. The SMILES string of the molecule is c1ccc(-c2nc(-c3ccccc3)nc(-c3ccc(-n4c5ccccc5c5cc(-c6cccc7c6sc6ccccc67)ccc54)cc3)n2)cc1.c1ccc(-c2nc(-c3ccccc3)nc(-c3cccc(-n4c5ccccc5c5cc(-c6cccc7c6sc6ccccc67)ccc54)c3)n2)cc1. The Morgan fingerprint density at radius 2 is 0.500 bits per heavy atom. The zero-order chi connectivity index (χ0) is 66.0. The molecule has 0 fully saturated rings. The number of thiophene rings is 2. The molecule has 0 aliphatic heterocycles. The fraction of sp³-hybridized carbons (Fsp3) is 0. The molecule has 8 nitrogen and oxygen atoms in total. The summed E-state index contributed by atoms with van der Waals surface area (Å²) in [4.78, 5) is 29.6. The molecule has 0 saturated heterocycles. The minimum absolute atomic E-state index is 0.638. The summed E-state index contributed by atoms with van der Waals surface area (Å²) in [7, 11) is 0. The molecule has 100 heavy (non-hydrogen) atoms. The van der Waals surface area contributed by atoms with Gasteiger partial charge in [-0.3, -0.25) is 0 Å². The molecule has 0 N–H and O–H groups in total. The van der Waals surface area contributed by atoms with E-state index in [1.165, 1.54) is 95.2 Å². The quantitative estimate of drug-likeness (QED) is 0.136. The van der Waals surface area contributed by atoms with E-state index in [4.69, 9.17) is 29.9 Å². The van der Waals surface area contributed by atoms with Crippen LogP contribution in [0.4, 0.5) is 0 Å². The molecule has 0 aliphatic rings. The van der Waals surface area contributed by atoms with Crippen LogP contribution in [0, 0.1) is 0 Å². The van der Waals surface area contributed by atoms with E-state index in [-0.39, 0.29) is 0 Å². The molecule has 0 radical (unpaired) electrons. The third kappa shape index (κ3) is 10.4. The standard InChI is InChI=1S/2C45H28N4S/c1-3-13-29(14-4-1)43-46-44(30-15-5-2-6-16-30)48-45(47-43)32-17-11-18-33(27-32)49-39-23-9-7-19-35(39)38-28-31(25-26-40(38)49)34-21-12-22-37-36-20-8-10-24-41(36)50-42(34)37;1-3-12-29(13-4-1)43-46-44(30-14-5-2-6-15-30)48-45(47-43)31-22-25-33(26-23-31)49-39-20-9-7-16-35(39)38-28-32(24-27-40(38)49)34-18-11-19-37-36-17-8-10-21-41(36)50-42(34)37/h2*1-28H. The van der Waals surface area contributed by atoms with Gasteiger partial charge in [-0.2, -0.15) is 0 Å². The van der Waals surface area contributed by atoms with Crippen LogP contribution in [0.25, 0.3) is 186 Å². The lowest BCUT2D eigenvalue weighted by molar-refractivity contribution is 1.07. The lowest BCUT2D eigenvalue weighted by Crippen LogP contribution is -2.01. The van der Waals surface area contributed by atoms with Gasteiger partial charge in [0.1, 0.15) is 0 Å². The lowest BCUT2D eigenvalue weighted by Gasteiger charge is -2.12. The second kappa shape index (κ2) is 24.7. The number of hydrogen-bond acceptors (Lipinski definition) is 8. The molecular formula is C90H56N8S2. The van der Waals surface area contributed by atoms with Gasteiger partial charge in [0.15, 0.2) is 34.9 Å². The van der Waals surface area contributed by atoms with Crippen LogP contribution in [0.15, 0.2) is 340 Å². The molecule has 0 bridgehead atoms. The first-order valence-corrected chi connectivity index (χ1v) is 35.0. The third-order valence-electron chi connectivity index (χ3n) is 18.9. The van der Waals surface area contributed by atoms with Gasteiger partial charge in [-0.1, -0.05) is 255 Å². The Kier molecular flexibility index (Phi) is 14.4. The van der Waals surface area contributed by atoms with E-state index in [0.717, 1.165) is 55.8 Å². The average Bonchev–Trinajstić information content (AvgIpc) is 1.59. The molecule has 0 amide bonds. The van der Waals surface area contributed by atoms with Crippen LogP contribution < -0.4 is 0 Å². The fourth-order valence-electron chi connectivity index (χ4n) is 14.2. The van der Waals surface area contributed by atoms with E-state index >= 15 is 0 Å². The number of aromatic nitrogens is 8. The van der Waals surface area contributed by atoms with E-state index < -0.39 is 0 Å². The highest BCUT2D eigenvalue weighted by Gasteiger charge is 2.21. The second-order valence-corrected chi connectivity index (χ2v) is 27.0. The molecular weight excluding hydrogens is 1260 g/mol. The zero-order valence-corrected chi connectivity index (χ0v) is 55.4. The summed E-state index contributed by atoms with van der Waals surface area (Å²) in [5.74, 6) is 3.90.